The number of ether oxygens (including phenoxy) is 1. The van der Waals surface area contributed by atoms with Gasteiger partial charge in [-0.25, -0.2) is 0 Å². The fourth-order valence-electron chi connectivity index (χ4n) is 1.06. The Hall–Kier alpha value is -1.44. The van der Waals surface area contributed by atoms with E-state index in [0.717, 1.165) is 17.2 Å². The molecular formula is C9H9NO. The molecule has 0 bridgehead atoms. The van der Waals surface area contributed by atoms with E-state index in [9.17, 15) is 0 Å². The highest BCUT2D eigenvalue weighted by Crippen LogP contribution is 2.28. The minimum Gasteiger partial charge on any atom is -0.458 e. The van der Waals surface area contributed by atoms with Crippen LogP contribution in [-0.4, -0.2) is 0 Å². The number of benzene rings is 1. The monoisotopic (exact) mass is 147 g/mol. The maximum absolute atomic E-state index is 5.43. The molecule has 0 atom stereocenters. The number of para-hydroxylation sites is 2. The smallest absolute Gasteiger partial charge is 0.150 e. The maximum atomic E-state index is 5.43. The Balaban J connectivity index is 2.42. The zero-order valence-electron chi connectivity index (χ0n) is 6.29. The summed E-state index contributed by atoms with van der Waals surface area (Å²) in [6, 6.07) is 7.86. The standard InChI is InChI=1S/C9H9NO/c1-7-6-10-8-4-2-3-5-9(8)11-7/h2-6,10H,1H3. The van der Waals surface area contributed by atoms with E-state index in [1.54, 1.807) is 0 Å². The molecule has 1 aliphatic rings. The van der Waals surface area contributed by atoms with E-state index in [4.69, 9.17) is 4.74 Å². The van der Waals surface area contributed by atoms with Crippen molar-refractivity contribution in [2.75, 3.05) is 5.32 Å². The molecule has 2 heteroatoms. The first kappa shape index (κ1) is 6.28. The Morgan fingerprint density at radius 1 is 1.27 bits per heavy atom. The van der Waals surface area contributed by atoms with E-state index < -0.39 is 0 Å². The first-order valence-electron chi connectivity index (χ1n) is 3.56. The first-order valence-corrected chi connectivity index (χ1v) is 3.56. The van der Waals surface area contributed by atoms with E-state index in [2.05, 4.69) is 5.32 Å². The highest BCUT2D eigenvalue weighted by atomic mass is 16.5. The van der Waals surface area contributed by atoms with Crippen LogP contribution in [0.15, 0.2) is 36.2 Å². The number of hydrogen-bond acceptors (Lipinski definition) is 2. The summed E-state index contributed by atoms with van der Waals surface area (Å²) in [5.74, 6) is 1.79. The number of fused-ring (bicyclic) bond motifs is 1. The molecule has 0 spiro atoms. The van der Waals surface area contributed by atoms with Gasteiger partial charge in [-0.1, -0.05) is 12.1 Å². The van der Waals surface area contributed by atoms with Gasteiger partial charge in [0.25, 0.3) is 0 Å². The van der Waals surface area contributed by atoms with Crippen LogP contribution in [0.2, 0.25) is 0 Å². The molecule has 0 unspecified atom stereocenters. The molecule has 0 amide bonds. The van der Waals surface area contributed by atoms with Crippen molar-refractivity contribution >= 4 is 5.69 Å². The summed E-state index contributed by atoms with van der Waals surface area (Å²) in [6.45, 7) is 1.92. The topological polar surface area (TPSA) is 21.3 Å². The molecule has 0 radical (unpaired) electrons. The van der Waals surface area contributed by atoms with Gasteiger partial charge < -0.3 is 10.1 Å². The van der Waals surface area contributed by atoms with Gasteiger partial charge >= 0.3 is 0 Å². The molecule has 0 aliphatic carbocycles. The van der Waals surface area contributed by atoms with Crippen LogP contribution >= 0.6 is 0 Å². The molecule has 1 aliphatic heterocycles. The van der Waals surface area contributed by atoms with Crippen LogP contribution in [0.4, 0.5) is 5.69 Å². The zero-order chi connectivity index (χ0) is 7.68. The quantitative estimate of drug-likeness (QED) is 0.608. The minimum absolute atomic E-state index is 0.892. The summed E-state index contributed by atoms with van der Waals surface area (Å²) in [6.07, 6.45) is 1.85. The highest BCUT2D eigenvalue weighted by molar-refractivity contribution is 5.60. The van der Waals surface area contributed by atoms with Crippen molar-refractivity contribution in [3.05, 3.63) is 36.2 Å². The summed E-state index contributed by atoms with van der Waals surface area (Å²) in [5, 5.41) is 3.13. The molecule has 2 nitrogen and oxygen atoms in total. The molecule has 1 aromatic carbocycles. The Labute approximate surface area is 65.5 Å². The van der Waals surface area contributed by atoms with E-state index in [1.807, 2.05) is 37.4 Å². The first-order chi connectivity index (χ1) is 5.36. The Morgan fingerprint density at radius 2 is 2.09 bits per heavy atom. The Morgan fingerprint density at radius 3 is 3.00 bits per heavy atom. The third kappa shape index (κ3) is 1.07. The van der Waals surface area contributed by atoms with Gasteiger partial charge in [-0.05, 0) is 19.1 Å². The predicted molar refractivity (Wildman–Crippen MR) is 44.4 cm³/mol. The molecule has 2 rings (SSSR count). The highest BCUT2D eigenvalue weighted by Gasteiger charge is 2.06. The van der Waals surface area contributed by atoms with Crippen molar-refractivity contribution in [2.45, 2.75) is 6.92 Å². The van der Waals surface area contributed by atoms with Crippen LogP contribution in [0.25, 0.3) is 0 Å². The normalized spacial score (nSPS) is 14.1. The summed E-state index contributed by atoms with van der Waals surface area (Å²) in [5.41, 5.74) is 1.03. The average Bonchev–Trinajstić information content (AvgIpc) is 2.04. The molecule has 0 saturated heterocycles. The minimum atomic E-state index is 0.892. The molecule has 1 N–H and O–H groups in total. The molecule has 1 aromatic rings. The number of hydrogen-bond donors (Lipinski definition) is 1. The number of rotatable bonds is 0. The van der Waals surface area contributed by atoms with E-state index in [0.29, 0.717) is 0 Å². The second-order valence-electron chi connectivity index (χ2n) is 2.50. The molecule has 0 aromatic heterocycles. The lowest BCUT2D eigenvalue weighted by molar-refractivity contribution is 0.423. The van der Waals surface area contributed by atoms with E-state index >= 15 is 0 Å². The van der Waals surface area contributed by atoms with Crippen molar-refractivity contribution in [1.82, 2.24) is 0 Å². The Bertz CT molecular complexity index is 304. The molecule has 1 heterocycles. The largest absolute Gasteiger partial charge is 0.458 e. The number of anilines is 1. The second-order valence-corrected chi connectivity index (χ2v) is 2.50. The van der Waals surface area contributed by atoms with Crippen LogP contribution in [0, 0.1) is 0 Å². The lowest BCUT2D eigenvalue weighted by Gasteiger charge is -2.16. The lowest BCUT2D eigenvalue weighted by Crippen LogP contribution is -2.03. The van der Waals surface area contributed by atoms with Crippen LogP contribution in [0.1, 0.15) is 6.92 Å². The fraction of sp³-hybridized carbons (Fsp3) is 0.111. The fourth-order valence-corrected chi connectivity index (χ4v) is 1.06. The van der Waals surface area contributed by atoms with Gasteiger partial charge in [0.2, 0.25) is 0 Å². The Kier molecular flexibility index (Phi) is 1.32. The molecule has 11 heavy (non-hydrogen) atoms. The summed E-state index contributed by atoms with van der Waals surface area (Å²) >= 11 is 0. The molecular weight excluding hydrogens is 138 g/mol. The summed E-state index contributed by atoms with van der Waals surface area (Å²) in [7, 11) is 0. The van der Waals surface area contributed by atoms with Crippen molar-refractivity contribution in [3.63, 3.8) is 0 Å². The van der Waals surface area contributed by atoms with Crippen LogP contribution in [-0.2, 0) is 0 Å². The zero-order valence-corrected chi connectivity index (χ0v) is 6.29. The molecule has 0 fully saturated rings. The van der Waals surface area contributed by atoms with Crippen LogP contribution in [0.3, 0.4) is 0 Å². The summed E-state index contributed by atoms with van der Waals surface area (Å²) < 4.78 is 5.43. The van der Waals surface area contributed by atoms with Gasteiger partial charge in [0.1, 0.15) is 11.5 Å². The second kappa shape index (κ2) is 2.31. The van der Waals surface area contributed by atoms with Gasteiger partial charge in [0.15, 0.2) is 0 Å². The van der Waals surface area contributed by atoms with E-state index in [1.165, 1.54) is 0 Å². The molecule has 56 valence electrons. The van der Waals surface area contributed by atoms with Gasteiger partial charge in [0, 0.05) is 6.20 Å². The van der Waals surface area contributed by atoms with Crippen molar-refractivity contribution in [3.8, 4) is 5.75 Å². The SMILES string of the molecule is CC1=CNc2ccccc2O1. The van der Waals surface area contributed by atoms with Gasteiger partial charge in [-0.3, -0.25) is 0 Å². The predicted octanol–water partition coefficient (Wildman–Crippen LogP) is 2.35. The van der Waals surface area contributed by atoms with Crippen LogP contribution in [0.5, 0.6) is 5.75 Å². The van der Waals surface area contributed by atoms with Crippen molar-refractivity contribution < 1.29 is 4.74 Å². The third-order valence-corrected chi connectivity index (χ3v) is 1.59. The van der Waals surface area contributed by atoms with Crippen molar-refractivity contribution in [2.24, 2.45) is 0 Å². The number of allylic oxidation sites excluding steroid dienone is 1. The molecule has 0 saturated carbocycles. The van der Waals surface area contributed by atoms with Gasteiger partial charge in [-0.2, -0.15) is 0 Å². The average molecular weight is 147 g/mol. The maximum Gasteiger partial charge on any atom is 0.150 e. The van der Waals surface area contributed by atoms with Crippen LogP contribution < -0.4 is 10.1 Å². The number of nitrogens with one attached hydrogen (secondary N) is 1. The van der Waals surface area contributed by atoms with Gasteiger partial charge in [0.05, 0.1) is 5.69 Å². The van der Waals surface area contributed by atoms with Crippen molar-refractivity contribution in [1.29, 1.82) is 0 Å². The third-order valence-electron chi connectivity index (χ3n) is 1.59. The van der Waals surface area contributed by atoms with E-state index in [-0.39, 0.29) is 0 Å². The summed E-state index contributed by atoms with van der Waals surface area (Å²) in [4.78, 5) is 0. The lowest BCUT2D eigenvalue weighted by atomic mass is 10.3. The van der Waals surface area contributed by atoms with Gasteiger partial charge in [-0.15, -0.1) is 0 Å².